The summed E-state index contributed by atoms with van der Waals surface area (Å²) < 4.78 is 0. The number of thiazole rings is 1. The average Bonchev–Trinajstić information content (AvgIpc) is 2.80. The summed E-state index contributed by atoms with van der Waals surface area (Å²) in [5, 5.41) is 8.31. The van der Waals surface area contributed by atoms with Crippen molar-refractivity contribution in [2.75, 3.05) is 13.6 Å². The van der Waals surface area contributed by atoms with Crippen LogP contribution in [-0.2, 0) is 11.3 Å². The lowest BCUT2D eigenvalue weighted by molar-refractivity contribution is -0.122. The number of aromatic nitrogens is 1. The van der Waals surface area contributed by atoms with Gasteiger partial charge in [-0.2, -0.15) is 0 Å². The lowest BCUT2D eigenvalue weighted by Gasteiger charge is -2.20. The van der Waals surface area contributed by atoms with Crippen molar-refractivity contribution in [2.24, 2.45) is 0 Å². The number of amides is 3. The van der Waals surface area contributed by atoms with Gasteiger partial charge in [0, 0.05) is 19.0 Å². The van der Waals surface area contributed by atoms with Crippen LogP contribution in [0.4, 0.5) is 4.79 Å². The second kappa shape index (κ2) is 7.84. The van der Waals surface area contributed by atoms with Crippen molar-refractivity contribution < 1.29 is 9.59 Å². The van der Waals surface area contributed by atoms with Crippen molar-refractivity contribution in [3.05, 3.63) is 16.1 Å². The zero-order chi connectivity index (χ0) is 15.1. The smallest absolute Gasteiger partial charge is 0.318 e. The van der Waals surface area contributed by atoms with Crippen molar-refractivity contribution in [3.63, 3.8) is 0 Å². The highest BCUT2D eigenvalue weighted by Gasteiger charge is 2.17. The molecule has 112 valence electrons. The number of aryl methyl sites for hydroxylation is 1. The third-order valence-corrected chi connectivity index (χ3v) is 3.52. The van der Waals surface area contributed by atoms with Crippen LogP contribution < -0.4 is 10.6 Å². The van der Waals surface area contributed by atoms with E-state index in [0.717, 1.165) is 17.1 Å². The number of carbonyl (C=O) groups is 2. The first kappa shape index (κ1) is 16.4. The van der Waals surface area contributed by atoms with Crippen LogP contribution >= 0.6 is 11.3 Å². The summed E-state index contributed by atoms with van der Waals surface area (Å²) in [5.41, 5.74) is 0.855. The zero-order valence-corrected chi connectivity index (χ0v) is 13.2. The molecule has 0 saturated heterocycles. The fourth-order valence-corrected chi connectivity index (χ4v) is 2.16. The first-order chi connectivity index (χ1) is 9.43. The highest BCUT2D eigenvalue weighted by atomic mass is 32.1. The predicted molar refractivity (Wildman–Crippen MR) is 79.6 cm³/mol. The lowest BCUT2D eigenvalue weighted by Crippen LogP contribution is -2.48. The highest BCUT2D eigenvalue weighted by Crippen LogP contribution is 2.09. The third-order valence-electron chi connectivity index (χ3n) is 2.69. The predicted octanol–water partition coefficient (Wildman–Crippen LogP) is 1.51. The molecule has 0 unspecified atom stereocenters. The Labute approximate surface area is 123 Å². The van der Waals surface area contributed by atoms with Gasteiger partial charge in [0.25, 0.3) is 0 Å². The number of hydrogen-bond donors (Lipinski definition) is 2. The lowest BCUT2D eigenvalue weighted by atomic mass is 10.3. The SMILES string of the molecule is CCCNC(=O)[C@@H](C)NC(=O)N(C)Cc1csc(C)n1. The van der Waals surface area contributed by atoms with Crippen LogP contribution in [0.5, 0.6) is 0 Å². The quantitative estimate of drug-likeness (QED) is 0.836. The second-order valence-electron chi connectivity index (χ2n) is 4.68. The van der Waals surface area contributed by atoms with Crippen molar-refractivity contribution in [1.82, 2.24) is 20.5 Å². The zero-order valence-electron chi connectivity index (χ0n) is 12.4. The number of rotatable bonds is 6. The van der Waals surface area contributed by atoms with Gasteiger partial charge >= 0.3 is 6.03 Å². The molecule has 0 saturated carbocycles. The minimum Gasteiger partial charge on any atom is -0.354 e. The summed E-state index contributed by atoms with van der Waals surface area (Å²) in [7, 11) is 1.68. The van der Waals surface area contributed by atoms with Gasteiger partial charge in [-0.3, -0.25) is 4.79 Å². The van der Waals surface area contributed by atoms with Crippen molar-refractivity contribution in [2.45, 2.75) is 39.8 Å². The molecule has 1 heterocycles. The molecule has 0 radical (unpaired) electrons. The molecule has 1 rings (SSSR count). The Morgan fingerprint density at radius 1 is 1.50 bits per heavy atom. The van der Waals surface area contributed by atoms with Crippen LogP contribution in [0.15, 0.2) is 5.38 Å². The van der Waals surface area contributed by atoms with Gasteiger partial charge in [0.2, 0.25) is 5.91 Å². The van der Waals surface area contributed by atoms with Crippen molar-refractivity contribution in [1.29, 1.82) is 0 Å². The van der Waals surface area contributed by atoms with E-state index in [4.69, 9.17) is 0 Å². The topological polar surface area (TPSA) is 74.3 Å². The summed E-state index contributed by atoms with van der Waals surface area (Å²) in [5.74, 6) is -0.168. The molecule has 1 atom stereocenters. The van der Waals surface area contributed by atoms with Crippen molar-refractivity contribution in [3.8, 4) is 0 Å². The van der Waals surface area contributed by atoms with Gasteiger partial charge in [-0.05, 0) is 20.3 Å². The van der Waals surface area contributed by atoms with E-state index in [1.165, 1.54) is 4.90 Å². The van der Waals surface area contributed by atoms with E-state index in [2.05, 4.69) is 15.6 Å². The molecule has 20 heavy (non-hydrogen) atoms. The molecule has 1 aromatic heterocycles. The molecule has 7 heteroatoms. The molecule has 0 bridgehead atoms. The summed E-state index contributed by atoms with van der Waals surface area (Å²) in [6.07, 6.45) is 0.871. The van der Waals surface area contributed by atoms with Gasteiger partial charge in [0.1, 0.15) is 6.04 Å². The highest BCUT2D eigenvalue weighted by molar-refractivity contribution is 7.09. The summed E-state index contributed by atoms with van der Waals surface area (Å²) in [4.78, 5) is 29.4. The molecule has 0 aromatic carbocycles. The Morgan fingerprint density at radius 2 is 2.20 bits per heavy atom. The minimum atomic E-state index is -0.548. The van der Waals surface area contributed by atoms with E-state index in [0.29, 0.717) is 13.1 Å². The maximum absolute atomic E-state index is 12.0. The van der Waals surface area contributed by atoms with E-state index in [1.54, 1.807) is 25.3 Å². The molecular formula is C13H22N4O2S. The Kier molecular flexibility index (Phi) is 6.44. The van der Waals surface area contributed by atoms with E-state index < -0.39 is 6.04 Å². The van der Waals surface area contributed by atoms with Gasteiger partial charge in [0.05, 0.1) is 17.2 Å². The van der Waals surface area contributed by atoms with Crippen LogP contribution in [0.3, 0.4) is 0 Å². The van der Waals surface area contributed by atoms with Gasteiger partial charge in [-0.1, -0.05) is 6.92 Å². The van der Waals surface area contributed by atoms with Crippen molar-refractivity contribution >= 4 is 23.3 Å². The molecule has 1 aromatic rings. The number of carbonyl (C=O) groups excluding carboxylic acids is 2. The molecule has 2 N–H and O–H groups in total. The largest absolute Gasteiger partial charge is 0.354 e. The summed E-state index contributed by atoms with van der Waals surface area (Å²) in [6.45, 7) is 6.62. The first-order valence-electron chi connectivity index (χ1n) is 6.64. The van der Waals surface area contributed by atoms with Crippen LogP contribution in [0.1, 0.15) is 31.0 Å². The minimum absolute atomic E-state index is 0.168. The first-order valence-corrected chi connectivity index (χ1v) is 7.52. The summed E-state index contributed by atoms with van der Waals surface area (Å²) in [6, 6.07) is -0.830. The maximum atomic E-state index is 12.0. The van der Waals surface area contributed by atoms with Crippen LogP contribution in [0, 0.1) is 6.92 Å². The van der Waals surface area contributed by atoms with E-state index >= 15 is 0 Å². The summed E-state index contributed by atoms with van der Waals surface area (Å²) >= 11 is 1.55. The number of nitrogens with one attached hydrogen (secondary N) is 2. The average molecular weight is 298 g/mol. The normalized spacial score (nSPS) is 11.8. The third kappa shape index (κ3) is 5.16. The Hall–Kier alpha value is -1.63. The van der Waals surface area contributed by atoms with Gasteiger partial charge in [-0.25, -0.2) is 9.78 Å². The maximum Gasteiger partial charge on any atom is 0.318 e. The second-order valence-corrected chi connectivity index (χ2v) is 5.74. The molecule has 0 fully saturated rings. The van der Waals surface area contributed by atoms with E-state index in [1.807, 2.05) is 19.2 Å². The fourth-order valence-electron chi connectivity index (χ4n) is 1.56. The Morgan fingerprint density at radius 3 is 2.75 bits per heavy atom. The Bertz CT molecular complexity index is 461. The van der Waals surface area contributed by atoms with Crippen LogP contribution in [0.25, 0.3) is 0 Å². The molecular weight excluding hydrogens is 276 g/mol. The number of hydrogen-bond acceptors (Lipinski definition) is 4. The Balaban J connectivity index is 2.42. The molecule has 3 amide bonds. The molecule has 6 nitrogen and oxygen atoms in total. The van der Waals surface area contributed by atoms with Gasteiger partial charge in [0.15, 0.2) is 0 Å². The molecule has 0 aliphatic rings. The fraction of sp³-hybridized carbons (Fsp3) is 0.615. The number of urea groups is 1. The van der Waals surface area contributed by atoms with Gasteiger partial charge < -0.3 is 15.5 Å². The number of nitrogens with zero attached hydrogens (tertiary/aromatic N) is 2. The molecule has 0 aliphatic heterocycles. The monoisotopic (exact) mass is 298 g/mol. The molecule has 0 aliphatic carbocycles. The van der Waals surface area contributed by atoms with Crippen LogP contribution in [-0.4, -0.2) is 41.5 Å². The molecule has 0 spiro atoms. The van der Waals surface area contributed by atoms with E-state index in [-0.39, 0.29) is 11.9 Å². The standard InChI is InChI=1S/C13H22N4O2S/c1-5-6-14-12(18)9(2)15-13(19)17(4)7-11-8-20-10(3)16-11/h8-9H,5-7H2,1-4H3,(H,14,18)(H,15,19)/t9-/m1/s1. The van der Waals surface area contributed by atoms with Crippen LogP contribution in [0.2, 0.25) is 0 Å². The van der Waals surface area contributed by atoms with Gasteiger partial charge in [-0.15, -0.1) is 11.3 Å². The van der Waals surface area contributed by atoms with E-state index in [9.17, 15) is 9.59 Å².